The van der Waals surface area contributed by atoms with Gasteiger partial charge >= 0.3 is 21.2 Å². The normalized spacial score (nSPS) is 15.6. The number of hydrogen-bond donors (Lipinski definition) is 4. The summed E-state index contributed by atoms with van der Waals surface area (Å²) in [6.45, 7) is 0. The molecule has 0 fully saturated rings. The summed E-state index contributed by atoms with van der Waals surface area (Å²) in [5.74, 6) is 0. The summed E-state index contributed by atoms with van der Waals surface area (Å²) in [6.07, 6.45) is -14.0. The van der Waals surface area contributed by atoms with Gasteiger partial charge in [-0.15, -0.1) is 0 Å². The van der Waals surface area contributed by atoms with E-state index in [9.17, 15) is 26.3 Å². The number of alkyl halides is 6. The zero-order valence-corrected chi connectivity index (χ0v) is 8.92. The molecule has 4 nitrogen and oxygen atoms in total. The van der Waals surface area contributed by atoms with Gasteiger partial charge in [0.25, 0.3) is 5.60 Å². The maximum absolute atomic E-state index is 12.0. The van der Waals surface area contributed by atoms with Crippen molar-refractivity contribution in [1.29, 1.82) is 0 Å². The lowest BCUT2D eigenvalue weighted by Crippen LogP contribution is -2.56. The molecule has 0 radical (unpaired) electrons. The molecule has 0 rings (SSSR count). The van der Waals surface area contributed by atoms with E-state index in [2.05, 4.69) is 0 Å². The van der Waals surface area contributed by atoms with Crippen LogP contribution < -0.4 is 0 Å². The molecule has 17 heavy (non-hydrogen) atoms. The Bertz CT molecular complexity index is 276. The van der Waals surface area contributed by atoms with Gasteiger partial charge in [-0.05, 0) is 5.70 Å². The van der Waals surface area contributed by atoms with Crippen molar-refractivity contribution in [3.05, 3.63) is 11.8 Å². The molecule has 0 spiro atoms. The fourth-order valence-corrected chi connectivity index (χ4v) is 1.21. The molecule has 11 heteroatoms. The summed E-state index contributed by atoms with van der Waals surface area (Å²) in [5, 5.41) is 8.55. The summed E-state index contributed by atoms with van der Waals surface area (Å²) in [4.78, 5) is 25.0. The second-order valence-corrected chi connectivity index (χ2v) is 4.86. The van der Waals surface area contributed by atoms with Crippen molar-refractivity contribution in [2.75, 3.05) is 0 Å². The van der Waals surface area contributed by atoms with E-state index >= 15 is 0 Å². The minimum absolute atomic E-state index is 0.00451. The van der Waals surface area contributed by atoms with E-state index in [4.69, 9.17) is 19.5 Å². The average Bonchev–Trinajstić information content (AvgIpc) is 1.96. The van der Waals surface area contributed by atoms with Crippen LogP contribution >= 0.6 is 0 Å². The van der Waals surface area contributed by atoms with Crippen LogP contribution in [0, 0.1) is 0 Å². The third-order valence-electron chi connectivity index (χ3n) is 1.69. The first-order chi connectivity index (χ1) is 7.21. The molecule has 0 aliphatic carbocycles. The third-order valence-corrected chi connectivity index (χ3v) is 2.38. The van der Waals surface area contributed by atoms with Gasteiger partial charge in [-0.3, -0.25) is 0 Å². The van der Waals surface area contributed by atoms with E-state index in [0.29, 0.717) is 0 Å². The van der Waals surface area contributed by atoms with Crippen molar-refractivity contribution in [2.24, 2.45) is 0 Å². The molecule has 102 valence electrons. The van der Waals surface area contributed by atoms with Gasteiger partial charge in [0.1, 0.15) is 0 Å². The van der Waals surface area contributed by atoms with Crippen molar-refractivity contribution in [2.45, 2.75) is 24.4 Å². The highest BCUT2D eigenvalue weighted by Gasteiger charge is 2.69. The van der Waals surface area contributed by atoms with Gasteiger partial charge in [0.15, 0.2) is 0 Å². The molecular weight excluding hydrogens is 278 g/mol. The first-order valence-electron chi connectivity index (χ1n) is 3.91. The van der Waals surface area contributed by atoms with E-state index in [1.165, 1.54) is 0 Å². The Hall–Kier alpha value is -0.623. The fourth-order valence-electron chi connectivity index (χ4n) is 0.780. The van der Waals surface area contributed by atoms with Gasteiger partial charge in [0, 0.05) is 6.42 Å². The van der Waals surface area contributed by atoms with Gasteiger partial charge in [-0.2, -0.15) is 26.3 Å². The van der Waals surface area contributed by atoms with Gasteiger partial charge < -0.3 is 19.5 Å². The van der Waals surface area contributed by atoms with Crippen LogP contribution in [0.25, 0.3) is 0 Å². The lowest BCUT2D eigenvalue weighted by atomic mass is 9.98. The fraction of sp³-hybridized carbons (Fsp3) is 0.667. The molecule has 0 atom stereocenters. The highest BCUT2D eigenvalue weighted by Crippen LogP contribution is 2.45. The predicted molar refractivity (Wildman–Crippen MR) is 43.2 cm³/mol. The first-order valence-corrected chi connectivity index (χ1v) is 5.83. The molecule has 0 saturated carbocycles. The highest BCUT2D eigenvalue weighted by molar-refractivity contribution is 6.61. The average molecular weight is 286 g/mol. The molecule has 0 heterocycles. The van der Waals surface area contributed by atoms with E-state index in [1.54, 1.807) is 0 Å². The molecule has 0 bridgehead atoms. The van der Waals surface area contributed by atoms with Gasteiger partial charge in [-0.25, -0.2) is 0 Å². The van der Waals surface area contributed by atoms with Crippen LogP contribution in [0.4, 0.5) is 26.3 Å². The highest BCUT2D eigenvalue weighted by atomic mass is 28.4. The summed E-state index contributed by atoms with van der Waals surface area (Å²) in [6, 6.07) is 0. The Morgan fingerprint density at radius 1 is 0.882 bits per heavy atom. The Kier molecular flexibility index (Phi) is 4.40. The Morgan fingerprint density at radius 3 is 1.47 bits per heavy atom. The monoisotopic (exact) mass is 286 g/mol. The standard InChI is InChI=1S/C6H8F6O4Si/c7-5(8,9)4(13,6(10,11)12)2-1-3-17(14,15)16/h1,3,13-16H,2H2/b3-1-. The molecule has 0 aliphatic heterocycles. The zero-order chi connectivity index (χ0) is 14.1. The minimum Gasteiger partial charge on any atom is -0.387 e. The molecule has 0 amide bonds. The van der Waals surface area contributed by atoms with Crippen molar-refractivity contribution >= 4 is 8.80 Å². The summed E-state index contributed by atoms with van der Waals surface area (Å²) >= 11 is 0. The number of aliphatic hydroxyl groups is 1. The topological polar surface area (TPSA) is 80.9 Å². The summed E-state index contributed by atoms with van der Waals surface area (Å²) in [5.41, 5.74) is -5.01. The maximum atomic E-state index is 12.0. The van der Waals surface area contributed by atoms with E-state index in [-0.39, 0.29) is 11.8 Å². The van der Waals surface area contributed by atoms with Crippen LogP contribution in [0.1, 0.15) is 6.42 Å². The molecule has 4 N–H and O–H groups in total. The number of hydrogen-bond acceptors (Lipinski definition) is 4. The SMILES string of the molecule is OC(C/C=C\[Si](O)(O)O)(C(F)(F)F)C(F)(F)F. The molecule has 0 saturated heterocycles. The van der Waals surface area contributed by atoms with Crippen molar-refractivity contribution in [3.63, 3.8) is 0 Å². The second kappa shape index (κ2) is 4.57. The molecule has 0 aromatic carbocycles. The number of halogens is 6. The van der Waals surface area contributed by atoms with Crippen molar-refractivity contribution in [3.8, 4) is 0 Å². The number of rotatable bonds is 3. The lowest BCUT2D eigenvalue weighted by Gasteiger charge is -2.31. The van der Waals surface area contributed by atoms with E-state index in [0.717, 1.165) is 0 Å². The van der Waals surface area contributed by atoms with Crippen LogP contribution in [-0.4, -0.2) is 46.3 Å². The van der Waals surface area contributed by atoms with E-state index < -0.39 is 33.2 Å². The van der Waals surface area contributed by atoms with Crippen LogP contribution in [0.5, 0.6) is 0 Å². The molecule has 0 unspecified atom stereocenters. The predicted octanol–water partition coefficient (Wildman–Crippen LogP) is 0.243. The Balaban J connectivity index is 5.08. The van der Waals surface area contributed by atoms with Gasteiger partial charge in [0.05, 0.1) is 0 Å². The van der Waals surface area contributed by atoms with Crippen LogP contribution in [0.3, 0.4) is 0 Å². The van der Waals surface area contributed by atoms with Crippen LogP contribution in [-0.2, 0) is 0 Å². The molecule has 0 aromatic rings. The van der Waals surface area contributed by atoms with Gasteiger partial charge in [-0.1, -0.05) is 6.08 Å². The Labute approximate surface area is 91.8 Å². The largest absolute Gasteiger partial charge is 0.521 e. The molecule has 0 aromatic heterocycles. The third kappa shape index (κ3) is 4.27. The smallest absolute Gasteiger partial charge is 0.387 e. The van der Waals surface area contributed by atoms with Crippen molar-refractivity contribution < 1.29 is 45.8 Å². The summed E-state index contributed by atoms with van der Waals surface area (Å²) in [7, 11) is -4.90. The Morgan fingerprint density at radius 2 is 1.24 bits per heavy atom. The second-order valence-electron chi connectivity index (χ2n) is 3.15. The lowest BCUT2D eigenvalue weighted by molar-refractivity contribution is -0.366. The summed E-state index contributed by atoms with van der Waals surface area (Å²) < 4.78 is 72.2. The molecule has 0 aliphatic rings. The maximum Gasteiger partial charge on any atom is 0.521 e. The quantitative estimate of drug-likeness (QED) is 0.443. The van der Waals surface area contributed by atoms with Crippen LogP contribution in [0.2, 0.25) is 0 Å². The first kappa shape index (κ1) is 16.4. The molecular formula is C6H8F6O4Si. The van der Waals surface area contributed by atoms with Gasteiger partial charge in [0.2, 0.25) is 0 Å². The minimum atomic E-state index is -5.99. The van der Waals surface area contributed by atoms with Crippen molar-refractivity contribution in [1.82, 2.24) is 0 Å². The van der Waals surface area contributed by atoms with Crippen LogP contribution in [0.15, 0.2) is 11.8 Å². The van der Waals surface area contributed by atoms with E-state index in [1.807, 2.05) is 0 Å². The zero-order valence-electron chi connectivity index (χ0n) is 7.92.